The molecule has 0 aliphatic rings. The molecule has 1 atom stereocenters. The van der Waals surface area contributed by atoms with Crippen LogP contribution in [-0.4, -0.2) is 6.04 Å². The average molecular weight is 375 g/mol. The van der Waals surface area contributed by atoms with Crippen molar-refractivity contribution in [1.29, 1.82) is 0 Å². The van der Waals surface area contributed by atoms with E-state index in [1.165, 1.54) is 18.2 Å². The maximum absolute atomic E-state index is 13.6. The molecule has 2 aromatic rings. The first kappa shape index (κ1) is 16.4. The van der Waals surface area contributed by atoms with E-state index < -0.39 is 11.6 Å². The van der Waals surface area contributed by atoms with Gasteiger partial charge in [-0.2, -0.15) is 0 Å². The Balaban J connectivity index is 1.97. The molecule has 0 aliphatic heterocycles. The Morgan fingerprint density at radius 1 is 1.19 bits per heavy atom. The molecule has 112 valence electrons. The number of hydrogen-bond donors (Lipinski definition) is 1. The van der Waals surface area contributed by atoms with E-state index in [9.17, 15) is 8.78 Å². The molecule has 0 aliphatic carbocycles. The molecule has 0 saturated heterocycles. The SMILES string of the molecule is CC(Cc1c(F)cccc1F)NCc1ccc(Cl)cc1Br. The van der Waals surface area contributed by atoms with Gasteiger partial charge in [0.05, 0.1) is 0 Å². The van der Waals surface area contributed by atoms with Crippen LogP contribution >= 0.6 is 27.5 Å². The molecule has 2 aromatic carbocycles. The zero-order valence-corrected chi connectivity index (χ0v) is 13.8. The van der Waals surface area contributed by atoms with Crippen LogP contribution in [0.15, 0.2) is 40.9 Å². The fourth-order valence-electron chi connectivity index (χ4n) is 2.05. The molecule has 1 unspecified atom stereocenters. The van der Waals surface area contributed by atoms with Crippen LogP contribution in [0.4, 0.5) is 8.78 Å². The summed E-state index contributed by atoms with van der Waals surface area (Å²) in [5.74, 6) is -1.01. The predicted molar refractivity (Wildman–Crippen MR) is 85.5 cm³/mol. The molecule has 2 rings (SSSR count). The molecule has 1 N–H and O–H groups in total. The summed E-state index contributed by atoms with van der Waals surface area (Å²) in [5.41, 5.74) is 1.16. The minimum atomic E-state index is -0.503. The van der Waals surface area contributed by atoms with Crippen molar-refractivity contribution < 1.29 is 8.78 Å². The van der Waals surface area contributed by atoms with Crippen molar-refractivity contribution in [3.05, 3.63) is 68.7 Å². The lowest BCUT2D eigenvalue weighted by molar-refractivity contribution is 0.499. The van der Waals surface area contributed by atoms with Gasteiger partial charge in [0.15, 0.2) is 0 Å². The van der Waals surface area contributed by atoms with E-state index in [0.29, 0.717) is 18.0 Å². The molecule has 0 saturated carbocycles. The Labute approximate surface area is 136 Å². The first-order chi connectivity index (χ1) is 9.97. The highest BCUT2D eigenvalue weighted by molar-refractivity contribution is 9.10. The second kappa shape index (κ2) is 7.34. The van der Waals surface area contributed by atoms with Crippen LogP contribution in [0, 0.1) is 11.6 Å². The van der Waals surface area contributed by atoms with Crippen molar-refractivity contribution in [3.8, 4) is 0 Å². The van der Waals surface area contributed by atoms with Gasteiger partial charge in [-0.15, -0.1) is 0 Å². The zero-order valence-electron chi connectivity index (χ0n) is 11.5. The van der Waals surface area contributed by atoms with Crippen LogP contribution in [0.5, 0.6) is 0 Å². The number of nitrogens with one attached hydrogen (secondary N) is 1. The first-order valence-corrected chi connectivity index (χ1v) is 7.74. The third-order valence-corrected chi connectivity index (χ3v) is 4.20. The maximum atomic E-state index is 13.6. The molecule has 5 heteroatoms. The quantitative estimate of drug-likeness (QED) is 0.767. The average Bonchev–Trinajstić information content (AvgIpc) is 2.42. The second-order valence-electron chi connectivity index (χ2n) is 4.92. The molecule has 0 radical (unpaired) electrons. The van der Waals surface area contributed by atoms with E-state index in [-0.39, 0.29) is 11.6 Å². The summed E-state index contributed by atoms with van der Waals surface area (Å²) in [5, 5.41) is 3.92. The summed E-state index contributed by atoms with van der Waals surface area (Å²) in [6.45, 7) is 2.49. The van der Waals surface area contributed by atoms with Gasteiger partial charge in [-0.1, -0.05) is 39.7 Å². The molecule has 21 heavy (non-hydrogen) atoms. The Morgan fingerprint density at radius 3 is 2.48 bits per heavy atom. The normalized spacial score (nSPS) is 12.4. The summed E-state index contributed by atoms with van der Waals surface area (Å²) in [7, 11) is 0. The summed E-state index contributed by atoms with van der Waals surface area (Å²) < 4.78 is 28.1. The van der Waals surface area contributed by atoms with Crippen LogP contribution in [-0.2, 0) is 13.0 Å². The van der Waals surface area contributed by atoms with Gasteiger partial charge in [-0.3, -0.25) is 0 Å². The fraction of sp³-hybridized carbons (Fsp3) is 0.250. The first-order valence-electron chi connectivity index (χ1n) is 6.57. The van der Waals surface area contributed by atoms with Crippen molar-refractivity contribution in [2.24, 2.45) is 0 Å². The summed E-state index contributed by atoms with van der Waals surface area (Å²) >= 11 is 9.33. The minimum Gasteiger partial charge on any atom is -0.310 e. The van der Waals surface area contributed by atoms with Crippen LogP contribution < -0.4 is 5.32 Å². The minimum absolute atomic E-state index is 0.0565. The lowest BCUT2D eigenvalue weighted by Crippen LogP contribution is -2.28. The van der Waals surface area contributed by atoms with E-state index in [2.05, 4.69) is 21.2 Å². The molecule has 0 fully saturated rings. The van der Waals surface area contributed by atoms with E-state index in [1.807, 2.05) is 25.1 Å². The van der Waals surface area contributed by atoms with Crippen LogP contribution in [0.3, 0.4) is 0 Å². The highest BCUT2D eigenvalue weighted by Gasteiger charge is 2.12. The van der Waals surface area contributed by atoms with E-state index in [0.717, 1.165) is 10.0 Å². The Morgan fingerprint density at radius 2 is 1.86 bits per heavy atom. The van der Waals surface area contributed by atoms with Crippen LogP contribution in [0.2, 0.25) is 5.02 Å². The molecule has 1 nitrogen and oxygen atoms in total. The molecule has 0 aromatic heterocycles. The van der Waals surface area contributed by atoms with Gasteiger partial charge in [0.2, 0.25) is 0 Å². The van der Waals surface area contributed by atoms with Crippen molar-refractivity contribution >= 4 is 27.5 Å². The number of rotatable bonds is 5. The van der Waals surface area contributed by atoms with E-state index in [1.54, 1.807) is 0 Å². The summed E-state index contributed by atoms with van der Waals surface area (Å²) in [4.78, 5) is 0. The van der Waals surface area contributed by atoms with Gasteiger partial charge >= 0.3 is 0 Å². The van der Waals surface area contributed by atoms with Crippen LogP contribution in [0.1, 0.15) is 18.1 Å². The second-order valence-corrected chi connectivity index (χ2v) is 6.21. The smallest absolute Gasteiger partial charge is 0.129 e. The largest absolute Gasteiger partial charge is 0.310 e. The van der Waals surface area contributed by atoms with Gasteiger partial charge < -0.3 is 5.32 Å². The summed E-state index contributed by atoms with van der Waals surface area (Å²) in [6, 6.07) is 9.41. The Kier molecular flexibility index (Phi) is 5.73. The molecule has 0 amide bonds. The van der Waals surface area contributed by atoms with E-state index >= 15 is 0 Å². The van der Waals surface area contributed by atoms with Gasteiger partial charge in [0.25, 0.3) is 0 Å². The Hall–Kier alpha value is -0.970. The highest BCUT2D eigenvalue weighted by atomic mass is 79.9. The lowest BCUT2D eigenvalue weighted by Gasteiger charge is -2.15. The number of hydrogen-bond acceptors (Lipinski definition) is 1. The number of benzene rings is 2. The maximum Gasteiger partial charge on any atom is 0.129 e. The predicted octanol–water partition coefficient (Wildman–Crippen LogP) is 5.10. The van der Waals surface area contributed by atoms with Crippen molar-refractivity contribution in [2.45, 2.75) is 25.9 Å². The van der Waals surface area contributed by atoms with Crippen molar-refractivity contribution in [2.75, 3.05) is 0 Å². The van der Waals surface area contributed by atoms with Crippen molar-refractivity contribution in [3.63, 3.8) is 0 Å². The highest BCUT2D eigenvalue weighted by Crippen LogP contribution is 2.21. The standard InChI is InChI=1S/C16H15BrClF2N/c1-10(7-13-15(19)3-2-4-16(13)20)21-9-11-5-6-12(18)8-14(11)17/h2-6,8,10,21H,7,9H2,1H3. The van der Waals surface area contributed by atoms with Crippen LogP contribution in [0.25, 0.3) is 0 Å². The molecular formula is C16H15BrClF2N. The molecule has 0 spiro atoms. The topological polar surface area (TPSA) is 12.0 Å². The summed E-state index contributed by atoms with van der Waals surface area (Å²) in [6.07, 6.45) is 0.295. The van der Waals surface area contributed by atoms with Gasteiger partial charge in [-0.05, 0) is 43.2 Å². The molecular weight excluding hydrogens is 360 g/mol. The third-order valence-electron chi connectivity index (χ3n) is 3.23. The van der Waals surface area contributed by atoms with Gasteiger partial charge in [0, 0.05) is 27.6 Å². The van der Waals surface area contributed by atoms with Gasteiger partial charge in [-0.25, -0.2) is 8.78 Å². The zero-order chi connectivity index (χ0) is 15.4. The van der Waals surface area contributed by atoms with Crippen molar-refractivity contribution in [1.82, 2.24) is 5.32 Å². The molecule has 0 bridgehead atoms. The monoisotopic (exact) mass is 373 g/mol. The number of halogens is 4. The third kappa shape index (κ3) is 4.50. The Bertz CT molecular complexity index is 613. The van der Waals surface area contributed by atoms with E-state index in [4.69, 9.17) is 11.6 Å². The lowest BCUT2D eigenvalue weighted by atomic mass is 10.1. The van der Waals surface area contributed by atoms with Gasteiger partial charge in [0.1, 0.15) is 11.6 Å². The fourth-order valence-corrected chi connectivity index (χ4v) is 2.88. The molecule has 0 heterocycles.